The van der Waals surface area contributed by atoms with Crippen LogP contribution in [0.5, 0.6) is 0 Å². The lowest BCUT2D eigenvalue weighted by atomic mass is 10.1. The highest BCUT2D eigenvalue weighted by Gasteiger charge is 2.01. The molecule has 0 rings (SSSR count). The third-order valence-electron chi connectivity index (χ3n) is 2.11. The van der Waals surface area contributed by atoms with Crippen LogP contribution in [0.1, 0.15) is 59.8 Å². The average molecular weight is 171 g/mol. The minimum Gasteiger partial charge on any atom is -0.312 e. The first kappa shape index (κ1) is 12.0. The van der Waals surface area contributed by atoms with Crippen LogP contribution in [0.15, 0.2) is 0 Å². The Labute approximate surface area is 77.9 Å². The Morgan fingerprint density at radius 3 is 2.17 bits per heavy atom. The monoisotopic (exact) mass is 171 g/mol. The van der Waals surface area contributed by atoms with Crippen molar-refractivity contribution in [3.8, 4) is 0 Å². The van der Waals surface area contributed by atoms with E-state index in [1.165, 1.54) is 32.1 Å². The van der Waals surface area contributed by atoms with Crippen LogP contribution in [0.3, 0.4) is 0 Å². The number of nitrogens with one attached hydrogen (secondary N) is 1. The van der Waals surface area contributed by atoms with Crippen molar-refractivity contribution in [1.29, 1.82) is 0 Å². The summed E-state index contributed by atoms with van der Waals surface area (Å²) in [6.07, 6.45) is 6.86. The summed E-state index contributed by atoms with van der Waals surface area (Å²) in [5.74, 6) is 0. The molecule has 1 heteroatoms. The molecule has 0 radical (unpaired) electrons. The highest BCUT2D eigenvalue weighted by molar-refractivity contribution is 4.63. The summed E-state index contributed by atoms with van der Waals surface area (Å²) in [6, 6.07) is 1.33. The van der Waals surface area contributed by atoms with E-state index in [2.05, 4.69) is 33.0 Å². The van der Waals surface area contributed by atoms with Gasteiger partial charge in [0.2, 0.25) is 0 Å². The van der Waals surface area contributed by atoms with Gasteiger partial charge in [-0.1, -0.05) is 46.5 Å². The Kier molecular flexibility index (Phi) is 7.58. The smallest absolute Gasteiger partial charge is 0.00410 e. The van der Waals surface area contributed by atoms with E-state index in [0.717, 1.165) is 0 Å². The molecule has 0 aromatic heterocycles. The van der Waals surface area contributed by atoms with Crippen LogP contribution >= 0.6 is 0 Å². The van der Waals surface area contributed by atoms with Gasteiger partial charge >= 0.3 is 0 Å². The Balaban J connectivity index is 3.14. The number of rotatable bonds is 7. The molecule has 0 aliphatic carbocycles. The Bertz CT molecular complexity index is 89.0. The second-order valence-electron chi connectivity index (χ2n) is 4.07. The first-order chi connectivity index (χ1) is 5.66. The SMILES string of the molecule is CCCCCCC(C)NC(C)C. The highest BCUT2D eigenvalue weighted by Crippen LogP contribution is 2.05. The fraction of sp³-hybridized carbons (Fsp3) is 1.00. The molecule has 0 aromatic rings. The lowest BCUT2D eigenvalue weighted by molar-refractivity contribution is 0.446. The van der Waals surface area contributed by atoms with Crippen LogP contribution in [0.25, 0.3) is 0 Å². The summed E-state index contributed by atoms with van der Waals surface area (Å²) in [7, 11) is 0. The summed E-state index contributed by atoms with van der Waals surface area (Å²) in [5, 5.41) is 3.52. The van der Waals surface area contributed by atoms with E-state index in [9.17, 15) is 0 Å². The fourth-order valence-electron chi connectivity index (χ4n) is 1.53. The van der Waals surface area contributed by atoms with Gasteiger partial charge in [-0.3, -0.25) is 0 Å². The van der Waals surface area contributed by atoms with Crippen molar-refractivity contribution in [2.24, 2.45) is 0 Å². The maximum Gasteiger partial charge on any atom is 0.00410 e. The molecule has 0 heterocycles. The third-order valence-corrected chi connectivity index (χ3v) is 2.11. The van der Waals surface area contributed by atoms with E-state index < -0.39 is 0 Å². The Hall–Kier alpha value is -0.0400. The predicted molar refractivity (Wildman–Crippen MR) is 56.5 cm³/mol. The molecule has 1 N–H and O–H groups in total. The second kappa shape index (κ2) is 7.60. The number of hydrogen-bond donors (Lipinski definition) is 1. The zero-order chi connectivity index (χ0) is 9.40. The van der Waals surface area contributed by atoms with Crippen molar-refractivity contribution in [3.05, 3.63) is 0 Å². The molecule has 1 unspecified atom stereocenters. The molecule has 12 heavy (non-hydrogen) atoms. The van der Waals surface area contributed by atoms with Gasteiger partial charge in [-0.15, -0.1) is 0 Å². The molecule has 0 spiro atoms. The Morgan fingerprint density at radius 2 is 1.67 bits per heavy atom. The Morgan fingerprint density at radius 1 is 1.00 bits per heavy atom. The molecule has 0 fully saturated rings. The van der Waals surface area contributed by atoms with Crippen LogP contribution in [0.4, 0.5) is 0 Å². The summed E-state index contributed by atoms with van der Waals surface area (Å²) in [4.78, 5) is 0. The molecule has 74 valence electrons. The van der Waals surface area contributed by atoms with Crippen molar-refractivity contribution >= 4 is 0 Å². The maximum atomic E-state index is 3.52. The van der Waals surface area contributed by atoms with E-state index in [-0.39, 0.29) is 0 Å². The zero-order valence-corrected chi connectivity index (χ0v) is 9.19. The van der Waals surface area contributed by atoms with Gasteiger partial charge in [0.1, 0.15) is 0 Å². The summed E-state index contributed by atoms with van der Waals surface area (Å²) in [5.41, 5.74) is 0. The van der Waals surface area contributed by atoms with Crippen LogP contribution in [-0.4, -0.2) is 12.1 Å². The van der Waals surface area contributed by atoms with E-state index in [4.69, 9.17) is 0 Å². The summed E-state index contributed by atoms with van der Waals surface area (Å²) < 4.78 is 0. The van der Waals surface area contributed by atoms with Crippen LogP contribution in [0, 0.1) is 0 Å². The van der Waals surface area contributed by atoms with Crippen molar-refractivity contribution in [2.75, 3.05) is 0 Å². The number of unbranched alkanes of at least 4 members (excludes halogenated alkanes) is 3. The van der Waals surface area contributed by atoms with Crippen LogP contribution < -0.4 is 5.32 Å². The minimum absolute atomic E-state index is 0.631. The van der Waals surface area contributed by atoms with Crippen molar-refractivity contribution in [1.82, 2.24) is 5.32 Å². The molecular weight excluding hydrogens is 146 g/mol. The molecule has 0 amide bonds. The first-order valence-electron chi connectivity index (χ1n) is 5.42. The molecular formula is C11H25N. The van der Waals surface area contributed by atoms with E-state index >= 15 is 0 Å². The molecule has 0 saturated heterocycles. The van der Waals surface area contributed by atoms with Gasteiger partial charge in [0.15, 0.2) is 0 Å². The third kappa shape index (κ3) is 8.06. The van der Waals surface area contributed by atoms with E-state index in [1.807, 2.05) is 0 Å². The summed E-state index contributed by atoms with van der Waals surface area (Å²) >= 11 is 0. The first-order valence-corrected chi connectivity index (χ1v) is 5.42. The lowest BCUT2D eigenvalue weighted by Gasteiger charge is -2.16. The highest BCUT2D eigenvalue weighted by atomic mass is 14.9. The van der Waals surface area contributed by atoms with Crippen LogP contribution in [0.2, 0.25) is 0 Å². The zero-order valence-electron chi connectivity index (χ0n) is 9.19. The second-order valence-corrected chi connectivity index (χ2v) is 4.07. The average Bonchev–Trinajstić information content (AvgIpc) is 1.97. The molecule has 1 atom stereocenters. The van der Waals surface area contributed by atoms with Gasteiger partial charge in [-0.05, 0) is 13.3 Å². The quantitative estimate of drug-likeness (QED) is 0.579. The molecule has 0 bridgehead atoms. The topological polar surface area (TPSA) is 12.0 Å². The van der Waals surface area contributed by atoms with Crippen LogP contribution in [-0.2, 0) is 0 Å². The van der Waals surface area contributed by atoms with Gasteiger partial charge in [-0.25, -0.2) is 0 Å². The normalized spacial score (nSPS) is 13.8. The molecule has 1 nitrogen and oxygen atoms in total. The molecule has 0 aliphatic heterocycles. The van der Waals surface area contributed by atoms with Crippen molar-refractivity contribution in [3.63, 3.8) is 0 Å². The van der Waals surface area contributed by atoms with Gasteiger partial charge in [0, 0.05) is 12.1 Å². The predicted octanol–water partition coefficient (Wildman–Crippen LogP) is 3.34. The number of hydrogen-bond acceptors (Lipinski definition) is 1. The van der Waals surface area contributed by atoms with Gasteiger partial charge < -0.3 is 5.32 Å². The van der Waals surface area contributed by atoms with Gasteiger partial charge in [0.05, 0.1) is 0 Å². The van der Waals surface area contributed by atoms with Gasteiger partial charge in [-0.2, -0.15) is 0 Å². The van der Waals surface area contributed by atoms with Gasteiger partial charge in [0.25, 0.3) is 0 Å². The molecule has 0 saturated carbocycles. The van der Waals surface area contributed by atoms with Crippen molar-refractivity contribution in [2.45, 2.75) is 71.9 Å². The largest absolute Gasteiger partial charge is 0.312 e. The molecule has 0 aliphatic rings. The standard InChI is InChI=1S/C11H25N/c1-5-6-7-8-9-11(4)12-10(2)3/h10-12H,5-9H2,1-4H3. The molecule has 0 aromatic carbocycles. The fourth-order valence-corrected chi connectivity index (χ4v) is 1.53. The van der Waals surface area contributed by atoms with E-state index in [0.29, 0.717) is 12.1 Å². The summed E-state index contributed by atoms with van der Waals surface area (Å²) in [6.45, 7) is 8.97. The maximum absolute atomic E-state index is 3.52. The minimum atomic E-state index is 0.631. The van der Waals surface area contributed by atoms with E-state index in [1.54, 1.807) is 0 Å². The lowest BCUT2D eigenvalue weighted by Crippen LogP contribution is -2.32. The van der Waals surface area contributed by atoms with Crippen molar-refractivity contribution < 1.29 is 0 Å².